The van der Waals surface area contributed by atoms with E-state index in [0.29, 0.717) is 28.0 Å². The Labute approximate surface area is 347 Å². The zero-order chi connectivity index (χ0) is 42.0. The number of aryl methyl sites for hydroxylation is 1. The number of hydrogen-bond acceptors (Lipinski definition) is 10. The minimum Gasteiger partial charge on any atom is -0.427 e. The Hall–Kier alpha value is -5.41. The first-order valence-corrected chi connectivity index (χ1v) is 21.7. The van der Waals surface area contributed by atoms with Crippen LogP contribution in [0.1, 0.15) is 40.4 Å². The summed E-state index contributed by atoms with van der Waals surface area (Å²) in [6.45, 7) is 4.94. The third-order valence-electron chi connectivity index (χ3n) is 10.4. The summed E-state index contributed by atoms with van der Waals surface area (Å²) in [6.07, 6.45) is 2.50. The molecule has 59 heavy (non-hydrogen) atoms. The van der Waals surface area contributed by atoms with Crippen LogP contribution in [0.25, 0.3) is 10.9 Å². The summed E-state index contributed by atoms with van der Waals surface area (Å²) in [5.41, 5.74) is 2.36. The maximum atomic E-state index is 14.8. The van der Waals surface area contributed by atoms with Crippen LogP contribution in [0.15, 0.2) is 121 Å². The Bertz CT molecular complexity index is 2520. The van der Waals surface area contributed by atoms with Gasteiger partial charge in [-0.15, -0.1) is 6.58 Å². The number of fused-ring (bicyclic) bond motifs is 2. The third-order valence-corrected chi connectivity index (χ3v) is 12.7. The summed E-state index contributed by atoms with van der Waals surface area (Å²) in [5.74, 6) is -1.25. The molecule has 2 aliphatic rings. The number of carbonyl (C=O) groups excluding carboxylic acids is 4. The van der Waals surface area contributed by atoms with Gasteiger partial charge in [0.1, 0.15) is 18.0 Å². The number of hydrogen-bond donors (Lipinski definition) is 2. The standard InChI is InChI=1S/C42H41ClN5O9PS/c1-3-22-45-27-40(51)47-37(23-30-12-17-33(18-13-30)57-58(53)54)42(52)44(26-38(47)48(45)39(50)21-14-29-8-5-4-6-9-29)24-31-10-7-11-35-36(28(2)49)25-46(41(31)35)59(55,56)34-19-15-32(43)16-20-34/h3-13,15-20,25,37-38,53-54H,1,14,21-24,26-27H2,2H3/t37-,38-/m0/s1. The second kappa shape index (κ2) is 17.4. The van der Waals surface area contributed by atoms with Crippen LogP contribution in [-0.4, -0.2) is 97.3 Å². The highest BCUT2D eigenvalue weighted by Gasteiger charge is 2.51. The number of Topliss-reactive ketones (excluding diaryl/α,β-unsaturated/α-hetero) is 1. The van der Waals surface area contributed by atoms with Gasteiger partial charge in [0.15, 0.2) is 5.78 Å². The summed E-state index contributed by atoms with van der Waals surface area (Å²) in [7, 11) is -6.94. The molecule has 0 unspecified atom stereocenters. The third kappa shape index (κ3) is 8.67. The molecule has 0 radical (unpaired) electrons. The number of piperazine rings is 1. The number of amides is 3. The van der Waals surface area contributed by atoms with Gasteiger partial charge in [-0.2, -0.15) is 0 Å². The molecule has 2 atom stereocenters. The van der Waals surface area contributed by atoms with Crippen molar-refractivity contribution in [1.29, 1.82) is 0 Å². The van der Waals surface area contributed by atoms with Crippen LogP contribution in [0.5, 0.6) is 5.75 Å². The molecule has 2 N–H and O–H groups in total. The number of ketones is 1. The van der Waals surface area contributed by atoms with Crippen LogP contribution in [0.2, 0.25) is 5.02 Å². The Morgan fingerprint density at radius 3 is 2.32 bits per heavy atom. The van der Waals surface area contributed by atoms with Gasteiger partial charge in [0.2, 0.25) is 17.7 Å². The highest BCUT2D eigenvalue weighted by atomic mass is 35.5. The minimum atomic E-state index is -4.28. The molecular weight excluding hydrogens is 817 g/mol. The quantitative estimate of drug-likeness (QED) is 0.0848. The minimum absolute atomic E-state index is 0.0262. The van der Waals surface area contributed by atoms with E-state index in [-0.39, 0.29) is 78.3 Å². The fourth-order valence-corrected chi connectivity index (χ4v) is 9.61. The molecule has 0 spiro atoms. The maximum absolute atomic E-state index is 14.8. The van der Waals surface area contributed by atoms with Crippen molar-refractivity contribution in [2.24, 2.45) is 0 Å². The average molecular weight is 858 g/mol. The number of aromatic nitrogens is 1. The van der Waals surface area contributed by atoms with Gasteiger partial charge in [0, 0.05) is 48.1 Å². The van der Waals surface area contributed by atoms with Gasteiger partial charge in [-0.25, -0.2) is 22.4 Å². The fraction of sp³-hybridized carbons (Fsp3) is 0.238. The lowest BCUT2D eigenvalue weighted by atomic mass is 9.97. The summed E-state index contributed by atoms with van der Waals surface area (Å²) in [5, 5.41) is 3.89. The molecule has 5 aromatic rings. The van der Waals surface area contributed by atoms with Gasteiger partial charge in [0.25, 0.3) is 10.0 Å². The number of benzene rings is 4. The zero-order valence-electron chi connectivity index (χ0n) is 31.9. The number of carbonyl (C=O) groups is 4. The Morgan fingerprint density at radius 1 is 0.949 bits per heavy atom. The van der Waals surface area contributed by atoms with Gasteiger partial charge in [-0.1, -0.05) is 78.3 Å². The van der Waals surface area contributed by atoms with Crippen molar-refractivity contribution in [2.75, 3.05) is 19.6 Å². The van der Waals surface area contributed by atoms with Crippen molar-refractivity contribution in [1.82, 2.24) is 23.8 Å². The van der Waals surface area contributed by atoms with E-state index in [4.69, 9.17) is 16.1 Å². The lowest BCUT2D eigenvalue weighted by Crippen LogP contribution is -2.75. The number of rotatable bonds is 14. The highest BCUT2D eigenvalue weighted by molar-refractivity contribution is 7.90. The molecule has 4 aromatic carbocycles. The number of hydrazine groups is 1. The molecule has 2 aliphatic heterocycles. The van der Waals surface area contributed by atoms with Crippen LogP contribution >= 0.6 is 20.2 Å². The first-order valence-electron chi connectivity index (χ1n) is 18.7. The van der Waals surface area contributed by atoms with Gasteiger partial charge in [0.05, 0.1) is 23.5 Å². The average Bonchev–Trinajstić information content (AvgIpc) is 3.62. The van der Waals surface area contributed by atoms with Gasteiger partial charge >= 0.3 is 8.60 Å². The van der Waals surface area contributed by atoms with E-state index in [1.165, 1.54) is 59.3 Å². The first-order chi connectivity index (χ1) is 28.3. The van der Waals surface area contributed by atoms with Crippen molar-refractivity contribution >= 4 is 64.6 Å². The molecule has 3 heterocycles. The summed E-state index contributed by atoms with van der Waals surface area (Å²) < 4.78 is 34.5. The Morgan fingerprint density at radius 2 is 1.66 bits per heavy atom. The molecule has 1 aromatic heterocycles. The van der Waals surface area contributed by atoms with Crippen LogP contribution < -0.4 is 4.52 Å². The topological polar surface area (TPSA) is 170 Å². The Kier molecular flexibility index (Phi) is 12.3. The predicted octanol–water partition coefficient (Wildman–Crippen LogP) is 5.31. The van der Waals surface area contributed by atoms with Gasteiger partial charge < -0.3 is 24.1 Å². The van der Waals surface area contributed by atoms with Crippen molar-refractivity contribution < 1.29 is 41.9 Å². The normalized spacial score (nSPS) is 17.4. The van der Waals surface area contributed by atoms with E-state index in [1.54, 1.807) is 46.4 Å². The van der Waals surface area contributed by atoms with E-state index in [1.807, 2.05) is 30.3 Å². The molecule has 0 bridgehead atoms. The van der Waals surface area contributed by atoms with E-state index in [0.717, 1.165) is 9.54 Å². The second-order valence-electron chi connectivity index (χ2n) is 14.2. The molecule has 2 saturated heterocycles. The number of nitrogens with zero attached hydrogens (tertiary/aromatic N) is 5. The molecule has 7 rings (SSSR count). The Balaban J connectivity index is 1.32. The molecule has 14 nitrogen and oxygen atoms in total. The number of halogens is 1. The summed E-state index contributed by atoms with van der Waals surface area (Å²) >= 11 is 6.08. The van der Waals surface area contributed by atoms with Crippen LogP contribution in [-0.2, 0) is 43.8 Å². The van der Waals surface area contributed by atoms with E-state index >= 15 is 0 Å². The monoisotopic (exact) mass is 857 g/mol. The molecule has 0 aliphatic carbocycles. The summed E-state index contributed by atoms with van der Waals surface area (Å²) in [4.78, 5) is 77.9. The lowest BCUT2D eigenvalue weighted by Gasteiger charge is -2.55. The lowest BCUT2D eigenvalue weighted by molar-refractivity contribution is -0.205. The second-order valence-corrected chi connectivity index (χ2v) is 17.2. The molecule has 3 amide bonds. The predicted molar refractivity (Wildman–Crippen MR) is 221 cm³/mol. The van der Waals surface area contributed by atoms with Crippen LogP contribution in [0.4, 0.5) is 0 Å². The van der Waals surface area contributed by atoms with Crippen molar-refractivity contribution in [3.8, 4) is 5.75 Å². The molecule has 2 fully saturated rings. The van der Waals surface area contributed by atoms with Crippen LogP contribution in [0, 0.1) is 0 Å². The van der Waals surface area contributed by atoms with Crippen molar-refractivity contribution in [2.45, 2.75) is 49.8 Å². The van der Waals surface area contributed by atoms with Crippen molar-refractivity contribution in [3.63, 3.8) is 0 Å². The zero-order valence-corrected chi connectivity index (χ0v) is 34.4. The van der Waals surface area contributed by atoms with E-state index in [9.17, 15) is 37.4 Å². The van der Waals surface area contributed by atoms with Crippen LogP contribution in [0.3, 0.4) is 0 Å². The SMILES string of the molecule is C=CCN1CC(=O)N2[C@@H](Cc3ccc(OP(O)O)cc3)C(=O)N(Cc3cccc4c(C(C)=O)cn(S(=O)(=O)c5ccc(Cl)cc5)c34)C[C@@H]2N1C(=O)CCc1ccccc1. The highest BCUT2D eigenvalue weighted by Crippen LogP contribution is 2.35. The summed E-state index contributed by atoms with van der Waals surface area (Å²) in [6, 6.07) is 25.4. The largest absolute Gasteiger partial charge is 0.427 e. The smallest absolute Gasteiger partial charge is 0.391 e. The molecular formula is C42H41ClN5O9PS. The first kappa shape index (κ1) is 41.7. The fourth-order valence-electron chi connectivity index (χ4n) is 7.76. The van der Waals surface area contributed by atoms with Crippen molar-refractivity contribution in [3.05, 3.63) is 143 Å². The molecule has 0 saturated carbocycles. The number of para-hydroxylation sites is 1. The van der Waals surface area contributed by atoms with E-state index < -0.39 is 36.7 Å². The van der Waals surface area contributed by atoms with Gasteiger partial charge in [-0.3, -0.25) is 19.2 Å². The van der Waals surface area contributed by atoms with Gasteiger partial charge in [-0.05, 0) is 66.4 Å². The van der Waals surface area contributed by atoms with E-state index in [2.05, 4.69) is 6.58 Å². The molecule has 306 valence electrons. The molecule has 17 heteroatoms. The maximum Gasteiger partial charge on any atom is 0.391 e.